The number of fused-ring (bicyclic) bond motifs is 1. The molecule has 0 radical (unpaired) electrons. The van der Waals surface area contributed by atoms with Gasteiger partial charge in [-0.25, -0.2) is 4.79 Å². The number of rotatable bonds is 5. The van der Waals surface area contributed by atoms with Gasteiger partial charge in [0.15, 0.2) is 0 Å². The summed E-state index contributed by atoms with van der Waals surface area (Å²) in [5, 5.41) is 12.1. The van der Waals surface area contributed by atoms with Gasteiger partial charge in [-0.2, -0.15) is 0 Å². The van der Waals surface area contributed by atoms with Crippen LogP contribution in [0.1, 0.15) is 6.42 Å². The lowest BCUT2D eigenvalue weighted by Crippen LogP contribution is -2.04. The minimum Gasteiger partial charge on any atom is -0.465 e. The second kappa shape index (κ2) is 5.83. The highest BCUT2D eigenvalue weighted by Gasteiger charge is 2.11. The van der Waals surface area contributed by atoms with E-state index in [4.69, 9.17) is 9.15 Å². The van der Waals surface area contributed by atoms with Gasteiger partial charge in [-0.05, 0) is 17.9 Å². The Morgan fingerprint density at radius 1 is 1.37 bits per heavy atom. The van der Waals surface area contributed by atoms with E-state index < -0.39 is 10.5 Å². The largest absolute Gasteiger partial charge is 0.465 e. The fraction of sp³-hybridized carbons (Fsp3) is 0.250. The van der Waals surface area contributed by atoms with Gasteiger partial charge in [0.2, 0.25) is 0 Å². The van der Waals surface area contributed by atoms with E-state index in [0.717, 1.165) is 11.8 Å². The molecule has 1 aromatic carbocycles. The summed E-state index contributed by atoms with van der Waals surface area (Å²) in [6, 6.07) is 5.59. The van der Waals surface area contributed by atoms with Crippen LogP contribution in [-0.2, 0) is 0 Å². The maximum absolute atomic E-state index is 11.7. The zero-order valence-electron chi connectivity index (χ0n) is 9.80. The summed E-state index contributed by atoms with van der Waals surface area (Å²) in [7, 11) is 0. The van der Waals surface area contributed by atoms with E-state index in [1.165, 1.54) is 18.2 Å². The first kappa shape index (κ1) is 13.5. The van der Waals surface area contributed by atoms with Crippen molar-refractivity contribution >= 4 is 32.4 Å². The molecule has 0 aliphatic heterocycles. The molecule has 0 N–H and O–H groups in total. The minimum absolute atomic E-state index is 0.118. The van der Waals surface area contributed by atoms with Gasteiger partial charge in [-0.15, -0.1) is 0 Å². The van der Waals surface area contributed by atoms with Gasteiger partial charge in [0.05, 0.1) is 16.9 Å². The quantitative estimate of drug-likeness (QED) is 0.365. The summed E-state index contributed by atoms with van der Waals surface area (Å²) < 4.78 is 10.2. The molecule has 1 heterocycles. The molecule has 1 aromatic heterocycles. The van der Waals surface area contributed by atoms with Crippen LogP contribution in [0.2, 0.25) is 0 Å². The summed E-state index contributed by atoms with van der Waals surface area (Å²) in [4.78, 5) is 21.8. The molecular formula is C12H10BrNO5. The van der Waals surface area contributed by atoms with Crippen molar-refractivity contribution in [1.82, 2.24) is 0 Å². The molecule has 0 amide bonds. The van der Waals surface area contributed by atoms with Crippen LogP contribution < -0.4 is 10.4 Å². The number of hydrogen-bond donors (Lipinski definition) is 0. The third kappa shape index (κ3) is 3.11. The van der Waals surface area contributed by atoms with Crippen LogP contribution in [0.25, 0.3) is 10.8 Å². The second-order valence-electron chi connectivity index (χ2n) is 3.77. The third-order valence-electron chi connectivity index (χ3n) is 2.46. The second-order valence-corrected chi connectivity index (χ2v) is 4.57. The van der Waals surface area contributed by atoms with Crippen molar-refractivity contribution in [2.75, 3.05) is 11.9 Å². The number of ether oxygens (including phenoxy) is 1. The molecule has 0 aliphatic rings. The number of halogens is 1. The smallest absolute Gasteiger partial charge is 0.346 e. The van der Waals surface area contributed by atoms with Crippen LogP contribution in [0.5, 0.6) is 5.95 Å². The molecule has 2 aromatic rings. The highest BCUT2D eigenvalue weighted by molar-refractivity contribution is 9.09. The number of hydrogen-bond acceptors (Lipinski definition) is 5. The molecular weight excluding hydrogens is 318 g/mol. The minimum atomic E-state index is -0.643. The average molecular weight is 328 g/mol. The first-order chi connectivity index (χ1) is 9.11. The van der Waals surface area contributed by atoms with Gasteiger partial charge in [0.1, 0.15) is 0 Å². The fourth-order valence-electron chi connectivity index (χ4n) is 1.56. The molecule has 0 aliphatic carbocycles. The maximum atomic E-state index is 11.7. The van der Waals surface area contributed by atoms with E-state index >= 15 is 0 Å². The zero-order valence-corrected chi connectivity index (χ0v) is 11.4. The van der Waals surface area contributed by atoms with Gasteiger partial charge < -0.3 is 9.15 Å². The molecule has 0 fully saturated rings. The van der Waals surface area contributed by atoms with Crippen molar-refractivity contribution in [2.24, 2.45) is 0 Å². The molecule has 19 heavy (non-hydrogen) atoms. The van der Waals surface area contributed by atoms with Gasteiger partial charge in [-0.1, -0.05) is 15.9 Å². The summed E-state index contributed by atoms with van der Waals surface area (Å²) in [6.07, 6.45) is 0.780. The molecule has 0 saturated carbocycles. The first-order valence-electron chi connectivity index (χ1n) is 5.53. The molecule has 100 valence electrons. The predicted molar refractivity (Wildman–Crippen MR) is 73.0 cm³/mol. The van der Waals surface area contributed by atoms with Crippen LogP contribution in [0.4, 0.5) is 5.69 Å². The van der Waals surface area contributed by atoms with Gasteiger partial charge in [0.25, 0.3) is 11.6 Å². The normalized spacial score (nSPS) is 10.6. The topological polar surface area (TPSA) is 82.6 Å². The lowest BCUT2D eigenvalue weighted by molar-refractivity contribution is -0.384. The zero-order chi connectivity index (χ0) is 13.8. The van der Waals surface area contributed by atoms with Crippen LogP contribution in [-0.4, -0.2) is 16.9 Å². The number of nitrogens with zero attached hydrogens (tertiary/aromatic N) is 1. The first-order valence-corrected chi connectivity index (χ1v) is 6.65. The van der Waals surface area contributed by atoms with Crippen molar-refractivity contribution in [3.8, 4) is 5.95 Å². The molecule has 0 atom stereocenters. The van der Waals surface area contributed by atoms with Crippen LogP contribution in [0.3, 0.4) is 0 Å². The summed E-state index contributed by atoms with van der Waals surface area (Å²) in [5.74, 6) is 0.118. The van der Waals surface area contributed by atoms with Crippen LogP contribution in [0, 0.1) is 10.1 Å². The van der Waals surface area contributed by atoms with E-state index in [2.05, 4.69) is 15.9 Å². The van der Waals surface area contributed by atoms with Crippen LogP contribution in [0.15, 0.2) is 33.5 Å². The predicted octanol–water partition coefficient (Wildman–Crippen LogP) is 2.87. The van der Waals surface area contributed by atoms with Crippen molar-refractivity contribution in [1.29, 1.82) is 0 Å². The Labute approximate surface area is 116 Å². The molecule has 2 rings (SSSR count). The Morgan fingerprint density at radius 2 is 2.16 bits per heavy atom. The van der Waals surface area contributed by atoms with E-state index in [0.29, 0.717) is 12.0 Å². The summed E-state index contributed by atoms with van der Waals surface area (Å²) in [6.45, 7) is 0.423. The number of non-ortho nitro benzene ring substituents is 1. The highest BCUT2D eigenvalue weighted by Crippen LogP contribution is 2.21. The van der Waals surface area contributed by atoms with E-state index in [1.54, 1.807) is 6.07 Å². The van der Waals surface area contributed by atoms with Crippen molar-refractivity contribution in [3.63, 3.8) is 0 Å². The Kier molecular flexibility index (Phi) is 4.16. The Hall–Kier alpha value is -1.89. The maximum Gasteiger partial charge on any atom is 0.346 e. The number of nitro benzene ring substituents is 1. The number of alkyl halides is 1. The van der Waals surface area contributed by atoms with Crippen molar-refractivity contribution in [3.05, 3.63) is 44.8 Å². The lowest BCUT2D eigenvalue weighted by Gasteiger charge is -2.04. The Bertz CT molecular complexity index is 667. The SMILES string of the molecule is O=c1oc(OCCCBr)cc2ccc([N+](=O)[O-])cc12. The van der Waals surface area contributed by atoms with Crippen molar-refractivity contribution in [2.45, 2.75) is 6.42 Å². The Balaban J connectivity index is 2.39. The van der Waals surface area contributed by atoms with Gasteiger partial charge in [-0.3, -0.25) is 10.1 Å². The highest BCUT2D eigenvalue weighted by atomic mass is 79.9. The van der Waals surface area contributed by atoms with E-state index in [9.17, 15) is 14.9 Å². The van der Waals surface area contributed by atoms with Gasteiger partial charge >= 0.3 is 5.63 Å². The molecule has 0 spiro atoms. The lowest BCUT2D eigenvalue weighted by atomic mass is 10.1. The molecule has 0 unspecified atom stereocenters. The van der Waals surface area contributed by atoms with E-state index in [1.807, 2.05) is 0 Å². The summed E-state index contributed by atoms with van der Waals surface area (Å²) >= 11 is 3.26. The molecule has 0 saturated heterocycles. The molecule has 7 heteroatoms. The van der Waals surface area contributed by atoms with Gasteiger partial charge in [0, 0.05) is 23.5 Å². The van der Waals surface area contributed by atoms with Crippen molar-refractivity contribution < 1.29 is 14.1 Å². The number of benzene rings is 1. The molecule has 6 nitrogen and oxygen atoms in total. The average Bonchev–Trinajstić information content (AvgIpc) is 2.38. The fourth-order valence-corrected chi connectivity index (χ4v) is 1.79. The van der Waals surface area contributed by atoms with Crippen LogP contribution >= 0.6 is 15.9 Å². The van der Waals surface area contributed by atoms with E-state index in [-0.39, 0.29) is 17.0 Å². The standard InChI is InChI=1S/C12H10BrNO5/c13-4-1-5-18-11-6-8-2-3-9(14(16)17)7-10(8)12(15)19-11/h2-3,6-7H,1,4-5H2. The molecule has 0 bridgehead atoms. The summed E-state index contributed by atoms with van der Waals surface area (Å²) in [5.41, 5.74) is -0.789. The third-order valence-corrected chi connectivity index (χ3v) is 3.02. The number of nitro groups is 1. The monoisotopic (exact) mass is 327 g/mol. The Morgan fingerprint density at radius 3 is 2.84 bits per heavy atom.